The minimum absolute atomic E-state index is 0.132. The van der Waals surface area contributed by atoms with E-state index < -0.39 is 32.6 Å². The summed E-state index contributed by atoms with van der Waals surface area (Å²) >= 11 is 0. The average molecular weight is 487 g/mol. The average Bonchev–Trinajstić information content (AvgIpc) is 3.27. The van der Waals surface area contributed by atoms with Crippen LogP contribution in [0.1, 0.15) is 35.1 Å². The Labute approximate surface area is 192 Å². The Bertz CT molecular complexity index is 956. The Morgan fingerprint density at radius 1 is 1.12 bits per heavy atom. The maximum atomic E-state index is 13.6. The quantitative estimate of drug-likeness (QED) is 0.348. The van der Waals surface area contributed by atoms with Gasteiger partial charge in [0.1, 0.15) is 11.5 Å². The number of nitrogens with two attached hydrogens (primary N) is 1. The summed E-state index contributed by atoms with van der Waals surface area (Å²) in [7, 11) is -1.48. The topological polar surface area (TPSA) is 91.0 Å². The third-order valence-electron chi connectivity index (χ3n) is 5.64. The third kappa shape index (κ3) is 7.21. The number of aliphatic hydroxyl groups excluding tert-OH is 1. The molecule has 2 aromatic carbocycles. The zero-order chi connectivity index (χ0) is 23.9. The summed E-state index contributed by atoms with van der Waals surface area (Å²) in [5.74, 6) is 0.683. The van der Waals surface area contributed by atoms with Crippen molar-refractivity contribution in [3.63, 3.8) is 0 Å². The molecule has 0 bridgehead atoms. The molecule has 0 aliphatic carbocycles. The molecule has 1 heterocycles. The van der Waals surface area contributed by atoms with Gasteiger partial charge in [0.25, 0.3) is 0 Å². The molecule has 2 aromatic rings. The first-order valence-corrected chi connectivity index (χ1v) is 11.7. The summed E-state index contributed by atoms with van der Waals surface area (Å²) in [6.07, 6.45) is -2.06. The number of alkyl halides is 3. The van der Waals surface area contributed by atoms with E-state index in [-0.39, 0.29) is 31.8 Å². The maximum Gasteiger partial charge on any atom is 0.419 e. The van der Waals surface area contributed by atoms with Crippen LogP contribution in [-0.4, -0.2) is 37.1 Å². The van der Waals surface area contributed by atoms with E-state index in [9.17, 15) is 22.8 Å². The molecule has 0 aromatic heterocycles. The monoisotopic (exact) mass is 487 g/mol. The van der Waals surface area contributed by atoms with E-state index in [1.807, 2.05) is 12.1 Å². The second-order valence-electron chi connectivity index (χ2n) is 8.25. The fourth-order valence-electron chi connectivity index (χ4n) is 3.72. The molecule has 3 rings (SSSR count). The number of aliphatic hydroxyl groups is 1. The van der Waals surface area contributed by atoms with Gasteiger partial charge < -0.3 is 24.8 Å². The molecule has 0 saturated heterocycles. The smallest absolute Gasteiger partial charge is 0.419 e. The van der Waals surface area contributed by atoms with Crippen LogP contribution in [0.2, 0.25) is 0 Å². The van der Waals surface area contributed by atoms with Crippen molar-refractivity contribution in [1.29, 1.82) is 0 Å². The fraction of sp³-hybridized carbons (Fsp3) is 0.478. The summed E-state index contributed by atoms with van der Waals surface area (Å²) < 4.78 is 67.3. The summed E-state index contributed by atoms with van der Waals surface area (Å²) in [6, 6.07) is 9.90. The molecule has 182 valence electrons. The molecule has 0 amide bonds. The molecule has 0 radical (unpaired) electrons. The van der Waals surface area contributed by atoms with Crippen molar-refractivity contribution in [2.24, 2.45) is 5.73 Å². The summed E-state index contributed by atoms with van der Waals surface area (Å²) in [6.45, 7) is 0.268. The molecule has 0 spiro atoms. The first-order chi connectivity index (χ1) is 15.7. The van der Waals surface area contributed by atoms with Gasteiger partial charge in [0.2, 0.25) is 0 Å². The van der Waals surface area contributed by atoms with E-state index in [2.05, 4.69) is 6.07 Å². The SMILES string of the molecule is NC(CO)(CCc1ccc(OCCCc2ccc3c(c2)CCO3)c(C(F)(F)F)c1)CO[PH2]=O. The Balaban J connectivity index is 1.59. The molecule has 3 N–H and O–H groups in total. The van der Waals surface area contributed by atoms with Gasteiger partial charge in [0.05, 0.1) is 37.5 Å². The van der Waals surface area contributed by atoms with Crippen molar-refractivity contribution in [1.82, 2.24) is 0 Å². The molecular formula is C23H29F3NO5P. The molecule has 1 aliphatic heterocycles. The van der Waals surface area contributed by atoms with Crippen LogP contribution >= 0.6 is 8.69 Å². The Hall–Kier alpha value is -2.06. The van der Waals surface area contributed by atoms with E-state index in [4.69, 9.17) is 19.7 Å². The van der Waals surface area contributed by atoms with Crippen molar-refractivity contribution in [2.45, 2.75) is 43.8 Å². The lowest BCUT2D eigenvalue weighted by Crippen LogP contribution is -2.47. The Morgan fingerprint density at radius 3 is 2.61 bits per heavy atom. The van der Waals surface area contributed by atoms with Crippen LogP contribution in [-0.2, 0) is 34.5 Å². The molecule has 2 atom stereocenters. The van der Waals surface area contributed by atoms with Crippen molar-refractivity contribution >= 4 is 8.69 Å². The molecule has 0 saturated carbocycles. The van der Waals surface area contributed by atoms with Gasteiger partial charge in [-0.1, -0.05) is 18.2 Å². The normalized spacial score (nSPS) is 15.4. The minimum atomic E-state index is -4.57. The zero-order valence-corrected chi connectivity index (χ0v) is 19.4. The first-order valence-electron chi connectivity index (χ1n) is 10.8. The van der Waals surface area contributed by atoms with Crippen molar-refractivity contribution < 1.29 is 36.8 Å². The van der Waals surface area contributed by atoms with Crippen molar-refractivity contribution in [3.05, 3.63) is 58.7 Å². The molecular weight excluding hydrogens is 458 g/mol. The number of hydrogen-bond donors (Lipinski definition) is 2. The van der Waals surface area contributed by atoms with Gasteiger partial charge in [-0.3, -0.25) is 4.57 Å². The third-order valence-corrected chi connectivity index (χ3v) is 5.94. The van der Waals surface area contributed by atoms with E-state index >= 15 is 0 Å². The largest absolute Gasteiger partial charge is 0.493 e. The lowest BCUT2D eigenvalue weighted by Gasteiger charge is -2.26. The number of fused-ring (bicyclic) bond motifs is 1. The Morgan fingerprint density at radius 2 is 1.88 bits per heavy atom. The van der Waals surface area contributed by atoms with Gasteiger partial charge in [-0.15, -0.1) is 0 Å². The van der Waals surface area contributed by atoms with Crippen LogP contribution in [0.4, 0.5) is 13.2 Å². The minimum Gasteiger partial charge on any atom is -0.493 e. The predicted molar refractivity (Wildman–Crippen MR) is 120 cm³/mol. The van der Waals surface area contributed by atoms with Crippen LogP contribution < -0.4 is 15.2 Å². The van der Waals surface area contributed by atoms with E-state index in [0.717, 1.165) is 29.4 Å². The standard InChI is InChI=1S/C23H29F3NO5P/c24-23(25,26)19-13-17(7-9-22(27,14-28)15-32-33-29)4-6-21(19)30-10-1-2-16-3-5-20-18(12-16)8-11-31-20/h3-6,12-13,28H,1-2,7-11,14-15,27,33H2. The van der Waals surface area contributed by atoms with E-state index in [1.54, 1.807) is 6.07 Å². The molecule has 2 unspecified atom stereocenters. The van der Waals surface area contributed by atoms with Crippen molar-refractivity contribution in [3.8, 4) is 11.5 Å². The van der Waals surface area contributed by atoms with Crippen LogP contribution in [0.15, 0.2) is 36.4 Å². The van der Waals surface area contributed by atoms with Crippen molar-refractivity contribution in [2.75, 3.05) is 26.4 Å². The molecule has 0 fully saturated rings. The lowest BCUT2D eigenvalue weighted by atomic mass is 9.93. The zero-order valence-electron chi connectivity index (χ0n) is 18.2. The maximum absolute atomic E-state index is 13.6. The predicted octanol–water partition coefficient (Wildman–Crippen LogP) is 3.96. The number of aryl methyl sites for hydroxylation is 2. The molecule has 33 heavy (non-hydrogen) atoms. The van der Waals surface area contributed by atoms with Gasteiger partial charge in [-0.05, 0) is 60.6 Å². The van der Waals surface area contributed by atoms with Crippen LogP contribution in [0.5, 0.6) is 11.5 Å². The molecule has 6 nitrogen and oxygen atoms in total. The van der Waals surface area contributed by atoms with E-state index in [1.165, 1.54) is 6.07 Å². The van der Waals surface area contributed by atoms with Gasteiger partial charge in [0, 0.05) is 6.42 Å². The number of halogens is 3. The van der Waals surface area contributed by atoms with Gasteiger partial charge in [-0.25, -0.2) is 0 Å². The summed E-state index contributed by atoms with van der Waals surface area (Å²) in [4.78, 5) is 0. The van der Waals surface area contributed by atoms with Gasteiger partial charge >= 0.3 is 6.18 Å². The lowest BCUT2D eigenvalue weighted by molar-refractivity contribution is -0.139. The number of hydrogen-bond acceptors (Lipinski definition) is 6. The van der Waals surface area contributed by atoms with Crippen LogP contribution in [0.3, 0.4) is 0 Å². The number of benzene rings is 2. The molecule has 1 aliphatic rings. The second-order valence-corrected chi connectivity index (χ2v) is 8.77. The Kier molecular flexibility index (Phi) is 8.82. The van der Waals surface area contributed by atoms with Crippen LogP contribution in [0.25, 0.3) is 0 Å². The fourth-order valence-corrected chi connectivity index (χ4v) is 4.12. The van der Waals surface area contributed by atoms with E-state index in [0.29, 0.717) is 25.0 Å². The number of rotatable bonds is 12. The highest BCUT2D eigenvalue weighted by atomic mass is 31.1. The van der Waals surface area contributed by atoms with Gasteiger partial charge in [-0.2, -0.15) is 13.2 Å². The number of ether oxygens (including phenoxy) is 2. The first kappa shape index (κ1) is 25.6. The van der Waals surface area contributed by atoms with Crippen LogP contribution in [0, 0.1) is 0 Å². The van der Waals surface area contributed by atoms with Gasteiger partial charge in [0.15, 0.2) is 8.69 Å². The highest BCUT2D eigenvalue weighted by Gasteiger charge is 2.35. The second kappa shape index (κ2) is 11.4. The summed E-state index contributed by atoms with van der Waals surface area (Å²) in [5.41, 5.74) is 6.64. The molecule has 10 heteroatoms. The highest BCUT2D eigenvalue weighted by Crippen LogP contribution is 2.37. The highest BCUT2D eigenvalue weighted by molar-refractivity contribution is 7.17. The summed E-state index contributed by atoms with van der Waals surface area (Å²) in [5, 5.41) is 9.46.